The molecule has 0 heterocycles. The van der Waals surface area contributed by atoms with Gasteiger partial charge in [0.2, 0.25) is 0 Å². The van der Waals surface area contributed by atoms with Crippen molar-refractivity contribution in [1.29, 1.82) is 0 Å². The molecule has 0 aliphatic carbocycles. The van der Waals surface area contributed by atoms with Crippen molar-refractivity contribution in [1.82, 2.24) is 15.5 Å². The minimum atomic E-state index is -0.268. The molecule has 0 spiro atoms. The van der Waals surface area contributed by atoms with Crippen molar-refractivity contribution in [3.05, 3.63) is 65.2 Å². The highest BCUT2D eigenvalue weighted by atomic mass is 32.1. The monoisotopic (exact) mass is 412 g/mol. The fraction of sp³-hybridized carbons (Fsp3) is 0.318. The van der Waals surface area contributed by atoms with Crippen LogP contribution in [0.1, 0.15) is 40.1 Å². The van der Waals surface area contributed by atoms with E-state index in [1.807, 2.05) is 19.1 Å². The van der Waals surface area contributed by atoms with E-state index in [0.717, 1.165) is 25.2 Å². The number of thiocarbonyl (C=S) groups is 1. The molecule has 154 valence electrons. The maximum absolute atomic E-state index is 12.2. The predicted octanol–water partition coefficient (Wildman–Crippen LogP) is 3.19. The van der Waals surface area contributed by atoms with E-state index in [1.54, 1.807) is 36.4 Å². The van der Waals surface area contributed by atoms with Gasteiger partial charge in [0.15, 0.2) is 5.11 Å². The van der Waals surface area contributed by atoms with Crippen LogP contribution >= 0.6 is 12.2 Å². The standard InChI is InChI=1S/C22H28N4O2S/c1-4-26(5-2)14-13-23-20(27)17-9-11-19(12-10-17)24-22(29)25-21(28)18-8-6-7-16(3)15-18/h6-12,15H,4-5,13-14H2,1-3H3,(H,23,27)(H2,24,25,28,29). The summed E-state index contributed by atoms with van der Waals surface area (Å²) < 4.78 is 0. The second-order valence-corrected chi connectivity index (χ2v) is 7.05. The second-order valence-electron chi connectivity index (χ2n) is 6.64. The molecule has 0 atom stereocenters. The summed E-state index contributed by atoms with van der Waals surface area (Å²) >= 11 is 5.21. The topological polar surface area (TPSA) is 73.5 Å². The van der Waals surface area contributed by atoms with Crippen molar-refractivity contribution < 1.29 is 9.59 Å². The van der Waals surface area contributed by atoms with Gasteiger partial charge in [0.25, 0.3) is 11.8 Å². The molecule has 0 bridgehead atoms. The molecule has 2 aromatic carbocycles. The molecule has 0 radical (unpaired) electrons. The van der Waals surface area contributed by atoms with Gasteiger partial charge in [-0.15, -0.1) is 0 Å². The van der Waals surface area contributed by atoms with Gasteiger partial charge in [-0.25, -0.2) is 0 Å². The largest absolute Gasteiger partial charge is 0.351 e. The summed E-state index contributed by atoms with van der Waals surface area (Å²) in [6.45, 7) is 9.49. The number of aryl methyl sites for hydroxylation is 1. The SMILES string of the molecule is CCN(CC)CCNC(=O)c1ccc(NC(=S)NC(=O)c2cccc(C)c2)cc1. The van der Waals surface area contributed by atoms with Gasteiger partial charge in [0.1, 0.15) is 0 Å². The second kappa shape index (κ2) is 11.3. The Labute approximate surface area is 177 Å². The zero-order valence-electron chi connectivity index (χ0n) is 17.1. The first-order valence-electron chi connectivity index (χ1n) is 9.72. The summed E-state index contributed by atoms with van der Waals surface area (Å²) in [5.41, 5.74) is 2.82. The average molecular weight is 413 g/mol. The lowest BCUT2D eigenvalue weighted by atomic mass is 10.1. The highest BCUT2D eigenvalue weighted by molar-refractivity contribution is 7.80. The van der Waals surface area contributed by atoms with Crippen molar-refractivity contribution >= 4 is 34.8 Å². The summed E-state index contributed by atoms with van der Waals surface area (Å²) in [6.07, 6.45) is 0. The fourth-order valence-corrected chi connectivity index (χ4v) is 3.01. The van der Waals surface area contributed by atoms with Gasteiger partial charge in [0.05, 0.1) is 0 Å². The van der Waals surface area contributed by atoms with Crippen molar-refractivity contribution in [2.45, 2.75) is 20.8 Å². The number of anilines is 1. The molecular weight excluding hydrogens is 384 g/mol. The third kappa shape index (κ3) is 7.29. The summed E-state index contributed by atoms with van der Waals surface area (Å²) in [7, 11) is 0. The van der Waals surface area contributed by atoms with Crippen LogP contribution in [0.15, 0.2) is 48.5 Å². The first-order valence-corrected chi connectivity index (χ1v) is 10.1. The molecule has 2 amide bonds. The van der Waals surface area contributed by atoms with Crippen LogP contribution in [0.3, 0.4) is 0 Å². The molecule has 6 nitrogen and oxygen atoms in total. The Bertz CT molecular complexity index is 848. The zero-order valence-corrected chi connectivity index (χ0v) is 17.9. The number of hydrogen-bond donors (Lipinski definition) is 3. The third-order valence-corrected chi connectivity index (χ3v) is 4.72. The van der Waals surface area contributed by atoms with E-state index >= 15 is 0 Å². The fourth-order valence-electron chi connectivity index (χ4n) is 2.80. The van der Waals surface area contributed by atoms with E-state index < -0.39 is 0 Å². The van der Waals surface area contributed by atoms with Crippen molar-refractivity contribution in [3.8, 4) is 0 Å². The number of rotatable bonds is 8. The number of benzene rings is 2. The van der Waals surface area contributed by atoms with Crippen LogP contribution in [0.4, 0.5) is 5.69 Å². The van der Waals surface area contributed by atoms with Gasteiger partial charge in [-0.2, -0.15) is 0 Å². The normalized spacial score (nSPS) is 10.5. The quantitative estimate of drug-likeness (QED) is 0.581. The Balaban J connectivity index is 1.84. The first kappa shape index (κ1) is 22.5. The molecule has 0 saturated carbocycles. The molecule has 2 rings (SSSR count). The molecule has 29 heavy (non-hydrogen) atoms. The Hall–Kier alpha value is -2.77. The van der Waals surface area contributed by atoms with E-state index in [0.29, 0.717) is 23.4 Å². The number of amides is 2. The van der Waals surface area contributed by atoms with Gasteiger partial charge in [-0.05, 0) is 68.6 Å². The summed E-state index contributed by atoms with van der Waals surface area (Å²) in [4.78, 5) is 26.7. The molecule has 0 unspecified atom stereocenters. The molecule has 0 fully saturated rings. The molecule has 2 aromatic rings. The lowest BCUT2D eigenvalue weighted by Crippen LogP contribution is -2.35. The molecule has 0 aliphatic heterocycles. The van der Waals surface area contributed by atoms with E-state index in [-0.39, 0.29) is 16.9 Å². The minimum Gasteiger partial charge on any atom is -0.351 e. The maximum Gasteiger partial charge on any atom is 0.257 e. The Morgan fingerprint density at radius 3 is 2.28 bits per heavy atom. The number of nitrogens with one attached hydrogen (secondary N) is 3. The minimum absolute atomic E-state index is 0.112. The lowest BCUT2D eigenvalue weighted by molar-refractivity contribution is 0.0947. The smallest absolute Gasteiger partial charge is 0.257 e. The zero-order chi connectivity index (χ0) is 21.2. The van der Waals surface area contributed by atoms with Crippen LogP contribution in [0, 0.1) is 6.92 Å². The van der Waals surface area contributed by atoms with Crippen molar-refractivity contribution in [3.63, 3.8) is 0 Å². The number of hydrogen-bond acceptors (Lipinski definition) is 4. The van der Waals surface area contributed by atoms with Gasteiger partial charge in [0, 0.05) is 29.9 Å². The van der Waals surface area contributed by atoms with Gasteiger partial charge >= 0.3 is 0 Å². The number of carbonyl (C=O) groups excluding carboxylic acids is 2. The number of nitrogens with zero attached hydrogens (tertiary/aromatic N) is 1. The maximum atomic E-state index is 12.2. The van der Waals surface area contributed by atoms with Gasteiger partial charge in [-0.1, -0.05) is 31.5 Å². The average Bonchev–Trinajstić information content (AvgIpc) is 2.71. The van der Waals surface area contributed by atoms with E-state index in [2.05, 4.69) is 34.7 Å². The summed E-state index contributed by atoms with van der Waals surface area (Å²) in [5, 5.41) is 8.74. The van der Waals surface area contributed by atoms with Crippen LogP contribution in [0.25, 0.3) is 0 Å². The summed E-state index contributed by atoms with van der Waals surface area (Å²) in [6, 6.07) is 14.2. The molecule has 0 saturated heterocycles. The summed E-state index contributed by atoms with van der Waals surface area (Å²) in [5.74, 6) is -0.380. The Kier molecular flexibility index (Phi) is 8.76. The molecular formula is C22H28N4O2S. The van der Waals surface area contributed by atoms with Crippen LogP contribution in [-0.4, -0.2) is 48.0 Å². The van der Waals surface area contributed by atoms with E-state index in [1.165, 1.54) is 0 Å². The molecule has 7 heteroatoms. The first-order chi connectivity index (χ1) is 13.9. The van der Waals surface area contributed by atoms with Crippen LogP contribution in [0.5, 0.6) is 0 Å². The van der Waals surface area contributed by atoms with Gasteiger partial charge < -0.3 is 15.5 Å². The highest BCUT2D eigenvalue weighted by Crippen LogP contribution is 2.10. The third-order valence-electron chi connectivity index (χ3n) is 4.52. The number of likely N-dealkylation sites (N-methyl/N-ethyl adjacent to an activating group) is 1. The number of carbonyl (C=O) groups is 2. The predicted molar refractivity (Wildman–Crippen MR) is 121 cm³/mol. The molecule has 0 aromatic heterocycles. The lowest BCUT2D eigenvalue weighted by Gasteiger charge is -2.18. The Morgan fingerprint density at radius 1 is 0.966 bits per heavy atom. The van der Waals surface area contributed by atoms with Crippen LogP contribution in [-0.2, 0) is 0 Å². The van der Waals surface area contributed by atoms with E-state index in [4.69, 9.17) is 12.2 Å². The van der Waals surface area contributed by atoms with Crippen LogP contribution in [0.2, 0.25) is 0 Å². The van der Waals surface area contributed by atoms with Crippen LogP contribution < -0.4 is 16.0 Å². The highest BCUT2D eigenvalue weighted by Gasteiger charge is 2.09. The molecule has 0 aliphatic rings. The Morgan fingerprint density at radius 2 is 1.66 bits per heavy atom. The van der Waals surface area contributed by atoms with E-state index in [9.17, 15) is 9.59 Å². The van der Waals surface area contributed by atoms with Crippen molar-refractivity contribution in [2.75, 3.05) is 31.5 Å². The molecule has 3 N–H and O–H groups in total. The van der Waals surface area contributed by atoms with Gasteiger partial charge in [-0.3, -0.25) is 14.9 Å². The van der Waals surface area contributed by atoms with Crippen molar-refractivity contribution in [2.24, 2.45) is 0 Å².